The van der Waals surface area contributed by atoms with Gasteiger partial charge in [-0.15, -0.1) is 0 Å². The SMILES string of the molecule is O=C(Nc1cc(-c2ccccc2)ccc1C(=O)O)c1cc(-c2ccccn2)ccc1O. The fourth-order valence-electron chi connectivity index (χ4n) is 3.24. The first-order valence-corrected chi connectivity index (χ1v) is 9.51. The smallest absolute Gasteiger partial charge is 0.337 e. The molecule has 152 valence electrons. The molecular weight excluding hydrogens is 392 g/mol. The Bertz CT molecular complexity index is 1260. The fourth-order valence-corrected chi connectivity index (χ4v) is 3.24. The number of carboxylic acids is 1. The first-order chi connectivity index (χ1) is 15.0. The summed E-state index contributed by atoms with van der Waals surface area (Å²) < 4.78 is 0. The molecule has 0 radical (unpaired) electrons. The highest BCUT2D eigenvalue weighted by atomic mass is 16.4. The van der Waals surface area contributed by atoms with Gasteiger partial charge < -0.3 is 15.5 Å². The molecule has 4 aromatic rings. The summed E-state index contributed by atoms with van der Waals surface area (Å²) in [6.07, 6.45) is 1.64. The summed E-state index contributed by atoms with van der Waals surface area (Å²) in [5.74, 6) is -2.00. The number of anilines is 1. The van der Waals surface area contributed by atoms with Gasteiger partial charge in [0.05, 0.1) is 22.5 Å². The van der Waals surface area contributed by atoms with Gasteiger partial charge in [0.15, 0.2) is 0 Å². The number of phenolic OH excluding ortho intramolecular Hbond substituents is 1. The third kappa shape index (κ3) is 4.28. The first kappa shape index (κ1) is 19.8. The second-order valence-electron chi connectivity index (χ2n) is 6.83. The molecular formula is C25H18N2O4. The number of nitrogens with zero attached hydrogens (tertiary/aromatic N) is 1. The van der Waals surface area contributed by atoms with Gasteiger partial charge in [0.25, 0.3) is 5.91 Å². The van der Waals surface area contributed by atoms with Gasteiger partial charge in [-0.25, -0.2) is 4.79 Å². The Kier molecular flexibility index (Phi) is 5.45. The number of nitrogens with one attached hydrogen (secondary N) is 1. The summed E-state index contributed by atoms with van der Waals surface area (Å²) in [4.78, 5) is 28.9. The molecule has 0 saturated heterocycles. The number of carbonyl (C=O) groups excluding carboxylic acids is 1. The number of rotatable bonds is 5. The van der Waals surface area contributed by atoms with Crippen molar-refractivity contribution in [3.63, 3.8) is 0 Å². The van der Waals surface area contributed by atoms with Crippen molar-refractivity contribution in [3.05, 3.63) is 102 Å². The van der Waals surface area contributed by atoms with E-state index in [1.807, 2.05) is 36.4 Å². The van der Waals surface area contributed by atoms with Crippen molar-refractivity contribution in [2.75, 3.05) is 5.32 Å². The lowest BCUT2D eigenvalue weighted by molar-refractivity contribution is 0.0698. The zero-order chi connectivity index (χ0) is 21.8. The van der Waals surface area contributed by atoms with Gasteiger partial charge in [0, 0.05) is 11.8 Å². The molecule has 0 aliphatic rings. The Morgan fingerprint density at radius 1 is 0.742 bits per heavy atom. The molecule has 0 bridgehead atoms. The van der Waals surface area contributed by atoms with Crippen LogP contribution >= 0.6 is 0 Å². The second kappa shape index (κ2) is 8.51. The maximum atomic E-state index is 13.0. The van der Waals surface area contributed by atoms with Crippen LogP contribution in [0.4, 0.5) is 5.69 Å². The van der Waals surface area contributed by atoms with E-state index >= 15 is 0 Å². The third-order valence-electron chi connectivity index (χ3n) is 4.81. The van der Waals surface area contributed by atoms with E-state index in [0.717, 1.165) is 11.1 Å². The lowest BCUT2D eigenvalue weighted by atomic mass is 10.0. The number of benzene rings is 3. The molecule has 1 aromatic heterocycles. The van der Waals surface area contributed by atoms with E-state index in [-0.39, 0.29) is 22.6 Å². The van der Waals surface area contributed by atoms with Crippen LogP contribution < -0.4 is 5.32 Å². The summed E-state index contributed by atoms with van der Waals surface area (Å²) in [5, 5.41) is 22.4. The molecule has 0 spiro atoms. The van der Waals surface area contributed by atoms with Crippen LogP contribution in [-0.4, -0.2) is 27.1 Å². The van der Waals surface area contributed by atoms with Crippen LogP contribution in [0.5, 0.6) is 5.75 Å². The van der Waals surface area contributed by atoms with Crippen molar-refractivity contribution in [2.24, 2.45) is 0 Å². The fraction of sp³-hybridized carbons (Fsp3) is 0. The van der Waals surface area contributed by atoms with Crippen molar-refractivity contribution < 1.29 is 19.8 Å². The van der Waals surface area contributed by atoms with E-state index in [2.05, 4.69) is 10.3 Å². The maximum absolute atomic E-state index is 13.0. The van der Waals surface area contributed by atoms with Gasteiger partial charge in [0.1, 0.15) is 5.75 Å². The Hall–Kier alpha value is -4.45. The van der Waals surface area contributed by atoms with Crippen LogP contribution in [0.25, 0.3) is 22.4 Å². The summed E-state index contributed by atoms with van der Waals surface area (Å²) >= 11 is 0. The molecule has 31 heavy (non-hydrogen) atoms. The van der Waals surface area contributed by atoms with Gasteiger partial charge >= 0.3 is 5.97 Å². The number of carbonyl (C=O) groups is 2. The molecule has 4 rings (SSSR count). The van der Waals surface area contributed by atoms with E-state index in [1.165, 1.54) is 18.2 Å². The van der Waals surface area contributed by atoms with Gasteiger partial charge in [0.2, 0.25) is 0 Å². The lowest BCUT2D eigenvalue weighted by Gasteiger charge is -2.13. The molecule has 1 heterocycles. The largest absolute Gasteiger partial charge is 0.507 e. The minimum absolute atomic E-state index is 0.0182. The number of hydrogen-bond acceptors (Lipinski definition) is 4. The Balaban J connectivity index is 1.70. The van der Waals surface area contributed by atoms with Crippen LogP contribution in [0, 0.1) is 0 Å². The van der Waals surface area contributed by atoms with Crippen LogP contribution in [0.2, 0.25) is 0 Å². The topological polar surface area (TPSA) is 99.5 Å². The van der Waals surface area contributed by atoms with E-state index in [4.69, 9.17) is 0 Å². The standard InChI is InChI=1S/C25H18N2O4/c28-23-12-10-18(21-8-4-5-13-26-21)14-20(23)24(29)27-22-15-17(9-11-19(22)25(30)31)16-6-2-1-3-7-16/h1-15,28H,(H,27,29)(H,30,31). The van der Waals surface area contributed by atoms with Crippen LogP contribution in [0.15, 0.2) is 91.1 Å². The monoisotopic (exact) mass is 410 g/mol. The van der Waals surface area contributed by atoms with Crippen LogP contribution in [-0.2, 0) is 0 Å². The van der Waals surface area contributed by atoms with Crippen LogP contribution in [0.1, 0.15) is 20.7 Å². The molecule has 6 heteroatoms. The quantitative estimate of drug-likeness (QED) is 0.426. The number of phenols is 1. The van der Waals surface area contributed by atoms with Crippen molar-refractivity contribution in [2.45, 2.75) is 0 Å². The maximum Gasteiger partial charge on any atom is 0.337 e. The normalized spacial score (nSPS) is 10.5. The zero-order valence-electron chi connectivity index (χ0n) is 16.3. The molecule has 3 aromatic carbocycles. The molecule has 0 aliphatic heterocycles. The zero-order valence-corrected chi connectivity index (χ0v) is 16.3. The summed E-state index contributed by atoms with van der Waals surface area (Å²) in [6.45, 7) is 0. The summed E-state index contributed by atoms with van der Waals surface area (Å²) in [7, 11) is 0. The highest BCUT2D eigenvalue weighted by Gasteiger charge is 2.18. The summed E-state index contributed by atoms with van der Waals surface area (Å²) in [6, 6.07) is 24.2. The minimum atomic E-state index is -1.17. The van der Waals surface area contributed by atoms with Gasteiger partial charge in [-0.1, -0.05) is 42.5 Å². The van der Waals surface area contributed by atoms with E-state index in [1.54, 1.807) is 36.5 Å². The highest BCUT2D eigenvalue weighted by Crippen LogP contribution is 2.29. The van der Waals surface area contributed by atoms with E-state index in [9.17, 15) is 19.8 Å². The predicted molar refractivity (Wildman–Crippen MR) is 118 cm³/mol. The average molecular weight is 410 g/mol. The number of pyridine rings is 1. The highest BCUT2D eigenvalue weighted by molar-refractivity contribution is 6.10. The minimum Gasteiger partial charge on any atom is -0.507 e. The van der Waals surface area contributed by atoms with Crippen molar-refractivity contribution in [1.29, 1.82) is 0 Å². The number of hydrogen-bond donors (Lipinski definition) is 3. The molecule has 0 aliphatic carbocycles. The Morgan fingerprint density at radius 3 is 2.19 bits per heavy atom. The van der Waals surface area contributed by atoms with E-state index < -0.39 is 11.9 Å². The van der Waals surface area contributed by atoms with E-state index in [0.29, 0.717) is 11.3 Å². The molecule has 0 fully saturated rings. The van der Waals surface area contributed by atoms with Crippen LogP contribution in [0.3, 0.4) is 0 Å². The predicted octanol–water partition coefficient (Wildman–Crippen LogP) is 5.07. The van der Waals surface area contributed by atoms with Crippen molar-refractivity contribution in [3.8, 4) is 28.1 Å². The number of carboxylic acid groups (broad SMARTS) is 1. The van der Waals surface area contributed by atoms with Crippen molar-refractivity contribution >= 4 is 17.6 Å². The molecule has 0 atom stereocenters. The summed E-state index contributed by atoms with van der Waals surface area (Å²) in [5.41, 5.74) is 3.05. The number of amides is 1. The number of aromatic hydroxyl groups is 1. The first-order valence-electron chi connectivity index (χ1n) is 9.51. The average Bonchev–Trinajstić information content (AvgIpc) is 2.80. The molecule has 0 unspecified atom stereocenters. The molecule has 0 saturated carbocycles. The molecule has 3 N–H and O–H groups in total. The van der Waals surface area contributed by atoms with Gasteiger partial charge in [-0.05, 0) is 53.6 Å². The lowest BCUT2D eigenvalue weighted by Crippen LogP contribution is -2.15. The van der Waals surface area contributed by atoms with Crippen molar-refractivity contribution in [1.82, 2.24) is 4.98 Å². The third-order valence-corrected chi connectivity index (χ3v) is 4.81. The molecule has 6 nitrogen and oxygen atoms in total. The van der Waals surface area contributed by atoms with Gasteiger partial charge in [-0.2, -0.15) is 0 Å². The second-order valence-corrected chi connectivity index (χ2v) is 6.83. The number of aromatic carboxylic acids is 1. The molecule has 1 amide bonds. The number of aromatic nitrogens is 1. The Morgan fingerprint density at radius 2 is 1.48 bits per heavy atom. The van der Waals surface area contributed by atoms with Gasteiger partial charge in [-0.3, -0.25) is 9.78 Å². The Labute approximate surface area is 178 Å².